The van der Waals surface area contributed by atoms with Crippen molar-refractivity contribution < 1.29 is 4.79 Å². The Hall–Kier alpha value is -0.760. The molecule has 1 atom stereocenters. The number of rotatable bonds is 5. The van der Waals surface area contributed by atoms with E-state index in [4.69, 9.17) is 0 Å². The number of hydrogen-bond donors (Lipinski definition) is 1. The van der Waals surface area contributed by atoms with Crippen LogP contribution in [0.15, 0.2) is 24.3 Å². The van der Waals surface area contributed by atoms with Gasteiger partial charge in [0.2, 0.25) is 5.12 Å². The highest BCUT2D eigenvalue weighted by Crippen LogP contribution is 2.14. The van der Waals surface area contributed by atoms with Crippen molar-refractivity contribution in [3.8, 4) is 0 Å². The summed E-state index contributed by atoms with van der Waals surface area (Å²) >= 11 is 3.79. The Kier molecular flexibility index (Phi) is 4.89. The average molecular weight is 222 g/mol. The molecule has 0 fully saturated rings. The van der Waals surface area contributed by atoms with E-state index in [-0.39, 0.29) is 5.12 Å². The lowest BCUT2D eigenvalue weighted by Gasteiger charge is -2.09. The molecule has 0 amide bonds. The lowest BCUT2D eigenvalue weighted by molar-refractivity contribution is 0.109. The zero-order valence-electron chi connectivity index (χ0n) is 9.36. The predicted molar refractivity (Wildman–Crippen MR) is 67.5 cm³/mol. The molecule has 0 aliphatic heterocycles. The molecule has 0 bridgehead atoms. The average Bonchev–Trinajstić information content (AvgIpc) is 2.18. The van der Waals surface area contributed by atoms with Crippen LogP contribution >= 0.6 is 12.6 Å². The first kappa shape index (κ1) is 12.3. The lowest BCUT2D eigenvalue weighted by Crippen LogP contribution is -1.99. The fraction of sp³-hybridized carbons (Fsp3) is 0.462. The van der Waals surface area contributed by atoms with Crippen molar-refractivity contribution in [1.29, 1.82) is 0 Å². The van der Waals surface area contributed by atoms with Crippen LogP contribution in [-0.2, 0) is 6.42 Å². The van der Waals surface area contributed by atoms with Gasteiger partial charge in [-0.25, -0.2) is 0 Å². The Labute approximate surface area is 97.3 Å². The summed E-state index contributed by atoms with van der Waals surface area (Å²) in [5.41, 5.74) is 1.97. The molecule has 0 aliphatic rings. The van der Waals surface area contributed by atoms with Gasteiger partial charge in [-0.3, -0.25) is 4.79 Å². The monoisotopic (exact) mass is 222 g/mol. The Bertz CT molecular complexity index is 316. The van der Waals surface area contributed by atoms with Crippen molar-refractivity contribution in [2.75, 3.05) is 0 Å². The van der Waals surface area contributed by atoms with E-state index in [9.17, 15) is 4.79 Å². The highest BCUT2D eigenvalue weighted by molar-refractivity contribution is 7.97. The van der Waals surface area contributed by atoms with Crippen LogP contribution in [0, 0.1) is 5.92 Å². The summed E-state index contributed by atoms with van der Waals surface area (Å²) in [7, 11) is 0. The fourth-order valence-corrected chi connectivity index (χ4v) is 1.93. The minimum absolute atomic E-state index is 0.164. The molecule has 1 aromatic carbocycles. The van der Waals surface area contributed by atoms with Crippen LogP contribution < -0.4 is 0 Å². The number of hydrogen-bond acceptors (Lipinski definition) is 1. The summed E-state index contributed by atoms with van der Waals surface area (Å²) in [6, 6.07) is 7.75. The van der Waals surface area contributed by atoms with Gasteiger partial charge in [-0.15, -0.1) is 12.6 Å². The number of carbonyl (C=O) groups excluding carboxylic acids is 1. The first-order valence-electron chi connectivity index (χ1n) is 5.45. The standard InChI is InChI=1S/C13H18OS/c1-3-4-10(2)9-11-5-7-12(8-6-11)13(14)15/h5-8,10H,3-4,9H2,1-2H3,(H,14,15). The van der Waals surface area contributed by atoms with Crippen LogP contribution in [0.2, 0.25) is 0 Å². The van der Waals surface area contributed by atoms with E-state index in [2.05, 4.69) is 26.5 Å². The molecule has 0 saturated heterocycles. The summed E-state index contributed by atoms with van der Waals surface area (Å²) in [4.78, 5) is 10.9. The van der Waals surface area contributed by atoms with E-state index in [1.165, 1.54) is 18.4 Å². The minimum atomic E-state index is -0.164. The number of benzene rings is 1. The van der Waals surface area contributed by atoms with E-state index < -0.39 is 0 Å². The maximum Gasteiger partial charge on any atom is 0.216 e. The van der Waals surface area contributed by atoms with Gasteiger partial charge in [0.25, 0.3) is 0 Å². The molecule has 0 spiro atoms. The van der Waals surface area contributed by atoms with Crippen molar-refractivity contribution >= 4 is 17.7 Å². The van der Waals surface area contributed by atoms with E-state index in [1.807, 2.05) is 24.3 Å². The van der Waals surface area contributed by atoms with Gasteiger partial charge in [-0.05, 0) is 17.9 Å². The minimum Gasteiger partial charge on any atom is -0.282 e. The number of thiol groups is 1. The van der Waals surface area contributed by atoms with Crippen LogP contribution in [0.3, 0.4) is 0 Å². The first-order valence-corrected chi connectivity index (χ1v) is 5.90. The summed E-state index contributed by atoms with van der Waals surface area (Å²) in [5, 5.41) is -0.164. The molecule has 1 nitrogen and oxygen atoms in total. The first-order chi connectivity index (χ1) is 7.13. The second kappa shape index (κ2) is 5.96. The topological polar surface area (TPSA) is 17.1 Å². The van der Waals surface area contributed by atoms with Gasteiger partial charge in [0, 0.05) is 5.56 Å². The highest BCUT2D eigenvalue weighted by atomic mass is 32.1. The lowest BCUT2D eigenvalue weighted by atomic mass is 9.96. The van der Waals surface area contributed by atoms with Crippen LogP contribution in [0.25, 0.3) is 0 Å². The molecule has 1 unspecified atom stereocenters. The summed E-state index contributed by atoms with van der Waals surface area (Å²) in [6.07, 6.45) is 3.58. The van der Waals surface area contributed by atoms with E-state index >= 15 is 0 Å². The van der Waals surface area contributed by atoms with Crippen molar-refractivity contribution in [3.63, 3.8) is 0 Å². The normalized spacial score (nSPS) is 12.5. The maximum atomic E-state index is 10.9. The molecule has 82 valence electrons. The molecule has 15 heavy (non-hydrogen) atoms. The molecule has 1 rings (SSSR count). The molecule has 0 heterocycles. The van der Waals surface area contributed by atoms with Crippen molar-refractivity contribution in [2.24, 2.45) is 5.92 Å². The van der Waals surface area contributed by atoms with Gasteiger partial charge in [0.1, 0.15) is 0 Å². The smallest absolute Gasteiger partial charge is 0.216 e. The summed E-state index contributed by atoms with van der Waals surface area (Å²) < 4.78 is 0. The van der Waals surface area contributed by atoms with Gasteiger partial charge in [0.15, 0.2) is 0 Å². The zero-order valence-corrected chi connectivity index (χ0v) is 10.3. The maximum absolute atomic E-state index is 10.9. The molecule has 0 aromatic heterocycles. The molecule has 2 heteroatoms. The summed E-state index contributed by atoms with van der Waals surface area (Å²) in [6.45, 7) is 4.47. The van der Waals surface area contributed by atoms with Gasteiger partial charge in [0.05, 0.1) is 0 Å². The Balaban J connectivity index is 2.60. The van der Waals surface area contributed by atoms with Crippen LogP contribution in [-0.4, -0.2) is 5.12 Å². The predicted octanol–water partition coefficient (Wildman–Crippen LogP) is 3.74. The van der Waals surface area contributed by atoms with Gasteiger partial charge in [-0.2, -0.15) is 0 Å². The van der Waals surface area contributed by atoms with E-state index in [1.54, 1.807) is 0 Å². The van der Waals surface area contributed by atoms with Crippen molar-refractivity contribution in [3.05, 3.63) is 35.4 Å². The largest absolute Gasteiger partial charge is 0.282 e. The van der Waals surface area contributed by atoms with Crippen LogP contribution in [0.4, 0.5) is 0 Å². The Morgan fingerprint density at radius 2 is 1.93 bits per heavy atom. The van der Waals surface area contributed by atoms with Gasteiger partial charge in [-0.1, -0.05) is 51.0 Å². The highest BCUT2D eigenvalue weighted by Gasteiger charge is 2.04. The summed E-state index contributed by atoms with van der Waals surface area (Å²) in [5.74, 6) is 0.715. The quantitative estimate of drug-likeness (QED) is 0.751. The van der Waals surface area contributed by atoms with Crippen molar-refractivity contribution in [1.82, 2.24) is 0 Å². The van der Waals surface area contributed by atoms with Gasteiger partial charge < -0.3 is 0 Å². The fourth-order valence-electron chi connectivity index (χ4n) is 1.78. The molecular formula is C13H18OS. The Morgan fingerprint density at radius 3 is 2.40 bits per heavy atom. The molecule has 1 aromatic rings. The zero-order chi connectivity index (χ0) is 11.3. The molecule has 0 aliphatic carbocycles. The van der Waals surface area contributed by atoms with Crippen molar-refractivity contribution in [2.45, 2.75) is 33.1 Å². The molecular weight excluding hydrogens is 204 g/mol. The number of carbonyl (C=O) groups is 1. The van der Waals surface area contributed by atoms with Crippen LogP contribution in [0.5, 0.6) is 0 Å². The second-order valence-corrected chi connectivity index (χ2v) is 4.51. The van der Waals surface area contributed by atoms with E-state index in [0.29, 0.717) is 11.5 Å². The molecule has 0 saturated carbocycles. The second-order valence-electron chi connectivity index (χ2n) is 4.10. The molecule has 0 radical (unpaired) electrons. The van der Waals surface area contributed by atoms with E-state index in [0.717, 1.165) is 6.42 Å². The van der Waals surface area contributed by atoms with Crippen LogP contribution in [0.1, 0.15) is 42.6 Å². The molecule has 0 N–H and O–H groups in total. The third kappa shape index (κ3) is 4.08. The Morgan fingerprint density at radius 1 is 1.33 bits per heavy atom. The third-order valence-corrected chi connectivity index (χ3v) is 2.82. The third-order valence-electron chi connectivity index (χ3n) is 2.57. The SMILES string of the molecule is CCCC(C)Cc1ccc(C(=O)S)cc1. The van der Waals surface area contributed by atoms with Gasteiger partial charge >= 0.3 is 0 Å².